The van der Waals surface area contributed by atoms with E-state index in [0.29, 0.717) is 6.42 Å². The number of fused-ring (bicyclic) bond motifs is 1. The molecule has 0 saturated heterocycles. The monoisotopic (exact) mass is 268 g/mol. The topological polar surface area (TPSA) is 34.9 Å². The Kier molecular flexibility index (Phi) is 3.20. The van der Waals surface area contributed by atoms with Gasteiger partial charge in [-0.15, -0.1) is 0 Å². The van der Waals surface area contributed by atoms with Crippen LogP contribution in [0.3, 0.4) is 0 Å². The maximum Gasteiger partial charge on any atom is 0.166 e. The molecule has 20 heavy (non-hydrogen) atoms. The first-order valence-electron chi connectivity index (χ1n) is 7.26. The van der Waals surface area contributed by atoms with Crippen LogP contribution in [-0.4, -0.2) is 15.6 Å². The molecular weight excluding hydrogens is 248 g/mol. The van der Waals surface area contributed by atoms with Gasteiger partial charge in [0, 0.05) is 6.42 Å². The van der Waals surface area contributed by atoms with Gasteiger partial charge in [-0.05, 0) is 51.2 Å². The van der Waals surface area contributed by atoms with E-state index in [4.69, 9.17) is 0 Å². The number of ketones is 1. The Bertz CT molecular complexity index is 659. The lowest BCUT2D eigenvalue weighted by molar-refractivity contribution is 0.0982. The summed E-state index contributed by atoms with van der Waals surface area (Å²) in [5.74, 6) is 0.242. The van der Waals surface area contributed by atoms with Crippen LogP contribution in [0.15, 0.2) is 18.3 Å². The van der Waals surface area contributed by atoms with Gasteiger partial charge in [0.1, 0.15) is 0 Å². The average molecular weight is 268 g/mol. The quantitative estimate of drug-likeness (QED) is 0.739. The SMILES string of the molecule is Cc1cc(C)c(-n2ncc3c2CCCCC3=O)c(C)c1. The summed E-state index contributed by atoms with van der Waals surface area (Å²) in [6.07, 6.45) is 5.40. The number of hydrogen-bond donors (Lipinski definition) is 0. The fourth-order valence-corrected chi connectivity index (χ4v) is 3.26. The summed E-state index contributed by atoms with van der Waals surface area (Å²) in [6, 6.07) is 4.35. The number of Topliss-reactive ketones (excluding diaryl/α,β-unsaturated/α-hetero) is 1. The number of nitrogens with zero attached hydrogens (tertiary/aromatic N) is 2. The normalized spacial score (nSPS) is 15.1. The van der Waals surface area contributed by atoms with Crippen molar-refractivity contribution in [2.45, 2.75) is 46.5 Å². The highest BCUT2D eigenvalue weighted by atomic mass is 16.1. The van der Waals surface area contributed by atoms with Crippen molar-refractivity contribution < 1.29 is 4.79 Å². The molecule has 0 fully saturated rings. The van der Waals surface area contributed by atoms with Gasteiger partial charge in [-0.3, -0.25) is 4.79 Å². The van der Waals surface area contributed by atoms with Crippen LogP contribution >= 0.6 is 0 Å². The zero-order chi connectivity index (χ0) is 14.3. The summed E-state index contributed by atoms with van der Waals surface area (Å²) in [5, 5.41) is 4.51. The molecule has 0 atom stereocenters. The van der Waals surface area contributed by atoms with Crippen molar-refractivity contribution in [3.8, 4) is 5.69 Å². The summed E-state index contributed by atoms with van der Waals surface area (Å²) in [4.78, 5) is 12.1. The van der Waals surface area contributed by atoms with Crippen molar-refractivity contribution in [3.63, 3.8) is 0 Å². The standard InChI is InChI=1S/C17H20N2O/c1-11-8-12(2)17(13(3)9-11)19-15-6-4-5-7-16(20)14(15)10-18-19/h8-10H,4-7H2,1-3H3. The van der Waals surface area contributed by atoms with E-state index in [1.165, 1.54) is 16.7 Å². The van der Waals surface area contributed by atoms with Gasteiger partial charge in [0.15, 0.2) is 5.78 Å². The Hall–Kier alpha value is -1.90. The lowest BCUT2D eigenvalue weighted by Gasteiger charge is -2.14. The van der Waals surface area contributed by atoms with Gasteiger partial charge in [0.2, 0.25) is 0 Å². The molecule has 1 aliphatic rings. The van der Waals surface area contributed by atoms with Gasteiger partial charge in [0.25, 0.3) is 0 Å². The molecule has 0 amide bonds. The molecule has 1 aliphatic carbocycles. The van der Waals surface area contributed by atoms with Crippen LogP contribution in [0.2, 0.25) is 0 Å². The second kappa shape index (κ2) is 4.89. The summed E-state index contributed by atoms with van der Waals surface area (Å²) in [6.45, 7) is 6.33. The maximum atomic E-state index is 12.1. The maximum absolute atomic E-state index is 12.1. The van der Waals surface area contributed by atoms with Crippen LogP contribution < -0.4 is 0 Å². The van der Waals surface area contributed by atoms with E-state index in [0.717, 1.165) is 36.2 Å². The molecule has 3 rings (SSSR count). The molecule has 3 nitrogen and oxygen atoms in total. The number of rotatable bonds is 1. The predicted molar refractivity (Wildman–Crippen MR) is 79.7 cm³/mol. The Labute approximate surface area is 119 Å². The Morgan fingerprint density at radius 1 is 1.05 bits per heavy atom. The molecule has 2 aromatic rings. The minimum absolute atomic E-state index is 0.242. The van der Waals surface area contributed by atoms with E-state index >= 15 is 0 Å². The first-order valence-corrected chi connectivity index (χ1v) is 7.26. The van der Waals surface area contributed by atoms with Crippen LogP contribution in [0.25, 0.3) is 5.69 Å². The highest BCUT2D eigenvalue weighted by Gasteiger charge is 2.22. The van der Waals surface area contributed by atoms with E-state index in [-0.39, 0.29) is 5.78 Å². The van der Waals surface area contributed by atoms with Crippen LogP contribution in [0.4, 0.5) is 0 Å². The number of carbonyl (C=O) groups excluding carboxylic acids is 1. The Morgan fingerprint density at radius 2 is 1.70 bits per heavy atom. The van der Waals surface area contributed by atoms with Crippen LogP contribution in [-0.2, 0) is 6.42 Å². The number of carbonyl (C=O) groups is 1. The van der Waals surface area contributed by atoms with E-state index in [9.17, 15) is 4.79 Å². The van der Waals surface area contributed by atoms with E-state index in [1.807, 2.05) is 4.68 Å². The second-order valence-corrected chi connectivity index (χ2v) is 5.79. The highest BCUT2D eigenvalue weighted by molar-refractivity contribution is 5.97. The summed E-state index contributed by atoms with van der Waals surface area (Å²) in [7, 11) is 0. The molecule has 0 bridgehead atoms. The van der Waals surface area contributed by atoms with E-state index in [1.54, 1.807) is 6.20 Å². The lowest BCUT2D eigenvalue weighted by Crippen LogP contribution is -2.08. The molecule has 1 aromatic heterocycles. The van der Waals surface area contributed by atoms with Gasteiger partial charge in [-0.2, -0.15) is 5.10 Å². The summed E-state index contributed by atoms with van der Waals surface area (Å²) in [5.41, 5.74) is 6.73. The van der Waals surface area contributed by atoms with Gasteiger partial charge >= 0.3 is 0 Å². The lowest BCUT2D eigenvalue weighted by atomic mass is 10.0. The number of aryl methyl sites for hydroxylation is 3. The number of benzene rings is 1. The zero-order valence-electron chi connectivity index (χ0n) is 12.4. The molecule has 1 heterocycles. The number of hydrogen-bond acceptors (Lipinski definition) is 2. The fraction of sp³-hybridized carbons (Fsp3) is 0.412. The van der Waals surface area contributed by atoms with Crippen molar-refractivity contribution in [1.29, 1.82) is 0 Å². The summed E-state index contributed by atoms with van der Waals surface area (Å²) >= 11 is 0. The highest BCUT2D eigenvalue weighted by Crippen LogP contribution is 2.27. The van der Waals surface area contributed by atoms with Crippen molar-refractivity contribution in [2.24, 2.45) is 0 Å². The van der Waals surface area contributed by atoms with Crippen LogP contribution in [0.5, 0.6) is 0 Å². The molecule has 0 radical (unpaired) electrons. The molecule has 1 aromatic carbocycles. The molecule has 0 N–H and O–H groups in total. The van der Waals surface area contributed by atoms with Crippen LogP contribution in [0.1, 0.15) is 52.0 Å². The Balaban J connectivity index is 2.20. The Morgan fingerprint density at radius 3 is 2.40 bits per heavy atom. The largest absolute Gasteiger partial charge is 0.294 e. The second-order valence-electron chi connectivity index (χ2n) is 5.79. The van der Waals surface area contributed by atoms with Gasteiger partial charge in [-0.1, -0.05) is 17.7 Å². The first kappa shape index (κ1) is 13.1. The van der Waals surface area contributed by atoms with E-state index in [2.05, 4.69) is 38.0 Å². The fourth-order valence-electron chi connectivity index (χ4n) is 3.26. The van der Waals surface area contributed by atoms with Gasteiger partial charge < -0.3 is 0 Å². The molecule has 3 heteroatoms. The molecule has 104 valence electrons. The van der Waals surface area contributed by atoms with Crippen molar-refractivity contribution in [2.75, 3.05) is 0 Å². The smallest absolute Gasteiger partial charge is 0.166 e. The number of aromatic nitrogens is 2. The van der Waals surface area contributed by atoms with Crippen LogP contribution in [0, 0.1) is 20.8 Å². The minimum atomic E-state index is 0.242. The molecule has 0 saturated carbocycles. The summed E-state index contributed by atoms with van der Waals surface area (Å²) < 4.78 is 1.99. The van der Waals surface area contributed by atoms with Crippen molar-refractivity contribution >= 4 is 5.78 Å². The predicted octanol–water partition coefficient (Wildman–Crippen LogP) is 3.71. The van der Waals surface area contributed by atoms with Gasteiger partial charge in [-0.25, -0.2) is 4.68 Å². The first-order chi connectivity index (χ1) is 9.58. The molecule has 0 unspecified atom stereocenters. The third kappa shape index (κ3) is 2.07. The zero-order valence-corrected chi connectivity index (χ0v) is 12.4. The van der Waals surface area contributed by atoms with Crippen molar-refractivity contribution in [3.05, 3.63) is 46.3 Å². The van der Waals surface area contributed by atoms with E-state index < -0.39 is 0 Å². The molecule has 0 aliphatic heterocycles. The third-order valence-corrected chi connectivity index (χ3v) is 4.08. The van der Waals surface area contributed by atoms with Gasteiger partial charge in [0.05, 0.1) is 23.1 Å². The average Bonchev–Trinajstić information content (AvgIpc) is 2.68. The van der Waals surface area contributed by atoms with Crippen molar-refractivity contribution in [1.82, 2.24) is 9.78 Å². The molecule has 0 spiro atoms. The third-order valence-electron chi connectivity index (χ3n) is 4.08. The molecular formula is C17H20N2O. The minimum Gasteiger partial charge on any atom is -0.294 e.